The second kappa shape index (κ2) is 7.22. The van der Waals surface area contributed by atoms with Gasteiger partial charge in [-0.2, -0.15) is 0 Å². The summed E-state index contributed by atoms with van der Waals surface area (Å²) in [5.74, 6) is 1.94. The largest absolute Gasteiger partial charge is 0.390 e. The van der Waals surface area contributed by atoms with Gasteiger partial charge in [0, 0.05) is 29.8 Å². The van der Waals surface area contributed by atoms with Gasteiger partial charge in [0.15, 0.2) is 0 Å². The minimum absolute atomic E-state index is 0.0464. The molecule has 23 heavy (non-hydrogen) atoms. The SMILES string of the molecule is CC(C)(Cc1ccc2ccccc2c1)NC[C@@H](O)[C@H]1CSCN1. The van der Waals surface area contributed by atoms with Gasteiger partial charge in [-0.3, -0.25) is 0 Å². The molecule has 1 aliphatic rings. The topological polar surface area (TPSA) is 44.3 Å². The van der Waals surface area contributed by atoms with Crippen molar-refractivity contribution in [3.8, 4) is 0 Å². The van der Waals surface area contributed by atoms with Crippen molar-refractivity contribution in [2.45, 2.75) is 38.0 Å². The van der Waals surface area contributed by atoms with Crippen molar-refractivity contribution in [3.05, 3.63) is 48.0 Å². The van der Waals surface area contributed by atoms with Crippen molar-refractivity contribution < 1.29 is 5.11 Å². The summed E-state index contributed by atoms with van der Waals surface area (Å²) in [6.07, 6.45) is 0.609. The molecule has 0 radical (unpaired) electrons. The lowest BCUT2D eigenvalue weighted by molar-refractivity contribution is 0.129. The predicted octanol–water partition coefficient (Wildman–Crippen LogP) is 2.77. The molecule has 2 aromatic carbocycles. The van der Waals surface area contributed by atoms with Crippen LogP contribution in [0.2, 0.25) is 0 Å². The van der Waals surface area contributed by atoms with Gasteiger partial charge in [-0.1, -0.05) is 42.5 Å². The molecule has 4 heteroatoms. The number of hydrogen-bond donors (Lipinski definition) is 3. The fourth-order valence-corrected chi connectivity index (χ4v) is 4.15. The Morgan fingerprint density at radius 1 is 1.26 bits per heavy atom. The smallest absolute Gasteiger partial charge is 0.0825 e. The molecule has 0 spiro atoms. The first-order valence-electron chi connectivity index (χ1n) is 8.25. The number of thioether (sulfide) groups is 1. The Bertz CT molecular complexity index is 653. The van der Waals surface area contributed by atoms with E-state index in [1.54, 1.807) is 0 Å². The van der Waals surface area contributed by atoms with Crippen molar-refractivity contribution in [1.82, 2.24) is 10.6 Å². The van der Waals surface area contributed by atoms with Crippen molar-refractivity contribution in [2.24, 2.45) is 0 Å². The van der Waals surface area contributed by atoms with Crippen LogP contribution in [-0.4, -0.2) is 41.0 Å². The minimum Gasteiger partial charge on any atom is -0.390 e. The third-order valence-corrected chi connectivity index (χ3v) is 5.42. The van der Waals surface area contributed by atoms with E-state index in [0.29, 0.717) is 6.54 Å². The number of nitrogens with one attached hydrogen (secondary N) is 2. The van der Waals surface area contributed by atoms with Gasteiger partial charge in [0.05, 0.1) is 6.10 Å². The molecule has 2 atom stereocenters. The Morgan fingerprint density at radius 3 is 2.78 bits per heavy atom. The molecule has 3 N–H and O–H groups in total. The average Bonchev–Trinajstić information content (AvgIpc) is 3.07. The second-order valence-corrected chi connectivity index (χ2v) is 8.05. The lowest BCUT2D eigenvalue weighted by Crippen LogP contribution is -2.50. The van der Waals surface area contributed by atoms with Gasteiger partial charge in [-0.05, 0) is 36.6 Å². The van der Waals surface area contributed by atoms with Gasteiger partial charge in [0.2, 0.25) is 0 Å². The molecule has 2 aromatic rings. The normalized spacial score (nSPS) is 20.0. The second-order valence-electron chi connectivity index (χ2n) is 7.02. The van der Waals surface area contributed by atoms with Crippen LogP contribution < -0.4 is 10.6 Å². The monoisotopic (exact) mass is 330 g/mol. The zero-order valence-electron chi connectivity index (χ0n) is 13.9. The van der Waals surface area contributed by atoms with Crippen LogP contribution >= 0.6 is 11.8 Å². The van der Waals surface area contributed by atoms with Gasteiger partial charge in [0.25, 0.3) is 0 Å². The number of fused-ring (bicyclic) bond motifs is 1. The highest BCUT2D eigenvalue weighted by molar-refractivity contribution is 7.99. The molecule has 0 unspecified atom stereocenters. The van der Waals surface area contributed by atoms with Gasteiger partial charge < -0.3 is 15.7 Å². The first-order chi connectivity index (χ1) is 11.0. The van der Waals surface area contributed by atoms with E-state index in [9.17, 15) is 5.11 Å². The van der Waals surface area contributed by atoms with Crippen molar-refractivity contribution >= 4 is 22.5 Å². The van der Waals surface area contributed by atoms with Crippen LogP contribution in [0.15, 0.2) is 42.5 Å². The maximum atomic E-state index is 10.3. The first kappa shape index (κ1) is 16.8. The molecule has 0 saturated carbocycles. The zero-order valence-corrected chi connectivity index (χ0v) is 14.7. The summed E-state index contributed by atoms with van der Waals surface area (Å²) in [7, 11) is 0. The summed E-state index contributed by atoms with van der Waals surface area (Å²) in [6.45, 7) is 5.02. The molecule has 124 valence electrons. The van der Waals surface area contributed by atoms with E-state index < -0.39 is 0 Å². The first-order valence-corrected chi connectivity index (χ1v) is 9.41. The van der Waals surface area contributed by atoms with Crippen LogP contribution in [0.3, 0.4) is 0 Å². The van der Waals surface area contributed by atoms with Crippen LogP contribution in [0, 0.1) is 0 Å². The summed E-state index contributed by atoms with van der Waals surface area (Å²) in [5.41, 5.74) is 1.28. The van der Waals surface area contributed by atoms with E-state index in [0.717, 1.165) is 18.1 Å². The average molecular weight is 330 g/mol. The molecule has 1 fully saturated rings. The van der Waals surface area contributed by atoms with Crippen LogP contribution in [0.5, 0.6) is 0 Å². The Morgan fingerprint density at radius 2 is 2.04 bits per heavy atom. The Hall–Kier alpha value is -1.07. The fourth-order valence-electron chi connectivity index (χ4n) is 3.10. The summed E-state index contributed by atoms with van der Waals surface area (Å²) in [4.78, 5) is 0. The predicted molar refractivity (Wildman–Crippen MR) is 100.0 cm³/mol. The highest BCUT2D eigenvalue weighted by atomic mass is 32.2. The Balaban J connectivity index is 1.60. The Kier molecular flexibility index (Phi) is 5.27. The van der Waals surface area contributed by atoms with Crippen molar-refractivity contribution in [1.29, 1.82) is 0 Å². The van der Waals surface area contributed by atoms with E-state index >= 15 is 0 Å². The van der Waals surface area contributed by atoms with Gasteiger partial charge in [-0.25, -0.2) is 0 Å². The van der Waals surface area contributed by atoms with E-state index in [2.05, 4.69) is 66.9 Å². The highest BCUT2D eigenvalue weighted by Gasteiger charge is 2.25. The van der Waals surface area contributed by atoms with Gasteiger partial charge in [-0.15, -0.1) is 11.8 Å². The van der Waals surface area contributed by atoms with E-state index in [4.69, 9.17) is 0 Å². The maximum absolute atomic E-state index is 10.3. The lowest BCUT2D eigenvalue weighted by Gasteiger charge is -2.29. The molecule has 1 aliphatic heterocycles. The minimum atomic E-state index is -0.333. The number of rotatable bonds is 6. The van der Waals surface area contributed by atoms with E-state index in [1.807, 2.05) is 11.8 Å². The van der Waals surface area contributed by atoms with Gasteiger partial charge >= 0.3 is 0 Å². The fraction of sp³-hybridized carbons (Fsp3) is 0.474. The summed E-state index contributed by atoms with van der Waals surface area (Å²) in [5, 5.41) is 19.7. The molecule has 0 aliphatic carbocycles. The quantitative estimate of drug-likeness (QED) is 0.762. The highest BCUT2D eigenvalue weighted by Crippen LogP contribution is 2.20. The number of β-amino-alcohol motifs (C(OH)–C–C–N with tert-alkyl or cyclic N) is 1. The van der Waals surface area contributed by atoms with E-state index in [1.165, 1.54) is 16.3 Å². The third-order valence-electron chi connectivity index (χ3n) is 4.46. The maximum Gasteiger partial charge on any atom is 0.0825 e. The molecular weight excluding hydrogens is 304 g/mol. The number of aliphatic hydroxyl groups is 1. The standard InChI is InChI=1S/C19H26N2OS/c1-19(2,21-11-18(22)17-12-23-13-20-17)10-14-7-8-15-5-3-4-6-16(15)9-14/h3-9,17-18,20-22H,10-13H2,1-2H3/t17-,18-/m1/s1. The summed E-state index contributed by atoms with van der Waals surface area (Å²) >= 11 is 1.85. The van der Waals surface area contributed by atoms with Crippen LogP contribution in [-0.2, 0) is 6.42 Å². The van der Waals surface area contributed by atoms with Crippen LogP contribution in [0.25, 0.3) is 10.8 Å². The molecule has 3 rings (SSSR count). The molecule has 0 aromatic heterocycles. The number of aliphatic hydroxyl groups excluding tert-OH is 1. The molecular formula is C19H26N2OS. The van der Waals surface area contributed by atoms with Crippen LogP contribution in [0.1, 0.15) is 19.4 Å². The third kappa shape index (κ3) is 4.48. The van der Waals surface area contributed by atoms with Crippen molar-refractivity contribution in [2.75, 3.05) is 18.2 Å². The number of benzene rings is 2. The summed E-state index contributed by atoms with van der Waals surface area (Å²) < 4.78 is 0. The zero-order chi connectivity index (χ0) is 16.3. The lowest BCUT2D eigenvalue weighted by atomic mass is 9.93. The molecule has 3 nitrogen and oxygen atoms in total. The molecule has 1 saturated heterocycles. The van der Waals surface area contributed by atoms with Crippen molar-refractivity contribution in [3.63, 3.8) is 0 Å². The van der Waals surface area contributed by atoms with Gasteiger partial charge in [0.1, 0.15) is 0 Å². The van der Waals surface area contributed by atoms with Crippen LogP contribution in [0.4, 0.5) is 0 Å². The number of hydrogen-bond acceptors (Lipinski definition) is 4. The molecule has 0 amide bonds. The molecule has 1 heterocycles. The summed E-state index contributed by atoms with van der Waals surface area (Å²) in [6, 6.07) is 15.3. The Labute approximate surface area is 142 Å². The molecule has 0 bridgehead atoms. The van der Waals surface area contributed by atoms with E-state index in [-0.39, 0.29) is 17.7 Å².